The summed E-state index contributed by atoms with van der Waals surface area (Å²) in [5.41, 5.74) is 4.86. The van der Waals surface area contributed by atoms with Gasteiger partial charge in [-0.25, -0.2) is 4.99 Å². The first-order valence-electron chi connectivity index (χ1n) is 10.1. The second-order valence-corrected chi connectivity index (χ2v) is 6.76. The average molecular weight is 513 g/mol. The lowest BCUT2D eigenvalue weighted by Crippen LogP contribution is -2.38. The van der Waals surface area contributed by atoms with Crippen LogP contribution in [0.25, 0.3) is 0 Å². The second kappa shape index (κ2) is 11.3. The minimum Gasteiger partial charge on any atom is -0.454 e. The van der Waals surface area contributed by atoms with Crippen LogP contribution in [0.4, 0.5) is 0 Å². The zero-order chi connectivity index (χ0) is 19.9. The van der Waals surface area contributed by atoms with Gasteiger partial charge in [-0.2, -0.15) is 5.10 Å². The van der Waals surface area contributed by atoms with Crippen molar-refractivity contribution in [2.24, 2.45) is 12.0 Å². The van der Waals surface area contributed by atoms with Gasteiger partial charge in [-0.15, -0.1) is 24.0 Å². The molecule has 2 heterocycles. The number of benzene rings is 1. The lowest BCUT2D eigenvalue weighted by Gasteiger charge is -2.12. The number of aromatic nitrogens is 2. The smallest absolute Gasteiger partial charge is 0.231 e. The lowest BCUT2D eigenvalue weighted by molar-refractivity contribution is 0.174. The van der Waals surface area contributed by atoms with Gasteiger partial charge in [0.1, 0.15) is 0 Å². The van der Waals surface area contributed by atoms with E-state index in [4.69, 9.17) is 14.5 Å². The van der Waals surface area contributed by atoms with E-state index in [2.05, 4.69) is 42.6 Å². The highest BCUT2D eigenvalue weighted by Gasteiger charge is 2.14. The Morgan fingerprint density at radius 1 is 1.14 bits per heavy atom. The molecule has 8 heteroatoms. The van der Waals surface area contributed by atoms with Gasteiger partial charge in [0, 0.05) is 31.4 Å². The third-order valence-corrected chi connectivity index (χ3v) is 4.91. The minimum absolute atomic E-state index is 0. The van der Waals surface area contributed by atoms with Crippen LogP contribution in [-0.4, -0.2) is 35.6 Å². The summed E-state index contributed by atoms with van der Waals surface area (Å²) in [5.74, 6) is 2.48. The molecule has 0 fully saturated rings. The van der Waals surface area contributed by atoms with Crippen LogP contribution in [0.2, 0.25) is 0 Å². The van der Waals surface area contributed by atoms with Crippen LogP contribution in [0, 0.1) is 0 Å². The second-order valence-electron chi connectivity index (χ2n) is 6.76. The highest BCUT2D eigenvalue weighted by molar-refractivity contribution is 14.0. The molecule has 2 N–H and O–H groups in total. The van der Waals surface area contributed by atoms with E-state index in [-0.39, 0.29) is 24.0 Å². The number of guanidine groups is 1. The van der Waals surface area contributed by atoms with Gasteiger partial charge < -0.3 is 20.1 Å². The number of aliphatic imine (C=N–C) groups is 1. The van der Waals surface area contributed by atoms with E-state index < -0.39 is 0 Å². The Bertz CT molecular complexity index is 835. The molecule has 0 amide bonds. The van der Waals surface area contributed by atoms with Crippen LogP contribution in [0.1, 0.15) is 43.3 Å². The Balaban J connectivity index is 0.00000300. The quantitative estimate of drug-likeness (QED) is 0.323. The van der Waals surface area contributed by atoms with Crippen molar-refractivity contribution in [3.63, 3.8) is 0 Å². The summed E-state index contributed by atoms with van der Waals surface area (Å²) in [5, 5.41) is 11.4. The van der Waals surface area contributed by atoms with E-state index in [0.717, 1.165) is 55.5 Å². The predicted molar refractivity (Wildman–Crippen MR) is 126 cm³/mol. The first-order chi connectivity index (χ1) is 13.7. The molecule has 3 rings (SSSR count). The summed E-state index contributed by atoms with van der Waals surface area (Å²) in [4.78, 5) is 4.80. The van der Waals surface area contributed by atoms with Crippen molar-refractivity contribution in [2.75, 3.05) is 19.9 Å². The Hall–Kier alpha value is -1.97. The minimum atomic E-state index is 0. The van der Waals surface area contributed by atoms with Crippen LogP contribution < -0.4 is 20.1 Å². The van der Waals surface area contributed by atoms with E-state index >= 15 is 0 Å². The molecule has 7 nitrogen and oxygen atoms in total. The van der Waals surface area contributed by atoms with Gasteiger partial charge in [-0.05, 0) is 43.9 Å². The zero-order valence-corrected chi connectivity index (χ0v) is 20.1. The molecule has 1 aliphatic rings. The third-order valence-electron chi connectivity index (χ3n) is 4.91. The molecule has 0 aliphatic carbocycles. The number of fused-ring (bicyclic) bond motifs is 1. The highest BCUT2D eigenvalue weighted by Crippen LogP contribution is 2.32. The van der Waals surface area contributed by atoms with Crippen molar-refractivity contribution in [3.05, 3.63) is 40.7 Å². The lowest BCUT2D eigenvalue weighted by atomic mass is 10.1. The maximum Gasteiger partial charge on any atom is 0.231 e. The fourth-order valence-corrected chi connectivity index (χ4v) is 3.49. The molecule has 0 unspecified atom stereocenters. The number of halogens is 1. The van der Waals surface area contributed by atoms with E-state index in [1.54, 1.807) is 0 Å². The van der Waals surface area contributed by atoms with Crippen LogP contribution in [-0.2, 0) is 32.9 Å². The topological polar surface area (TPSA) is 72.7 Å². The Morgan fingerprint density at radius 3 is 2.66 bits per heavy atom. The molecule has 160 valence electrons. The van der Waals surface area contributed by atoms with Crippen LogP contribution in [0.15, 0.2) is 23.2 Å². The van der Waals surface area contributed by atoms with Crippen molar-refractivity contribution < 1.29 is 9.47 Å². The number of nitrogens with zero attached hydrogens (tertiary/aromatic N) is 3. The maximum absolute atomic E-state index is 5.45. The molecule has 0 atom stereocenters. The van der Waals surface area contributed by atoms with Crippen molar-refractivity contribution in [3.8, 4) is 11.5 Å². The van der Waals surface area contributed by atoms with Crippen LogP contribution in [0.5, 0.6) is 11.5 Å². The number of aryl methyl sites for hydroxylation is 2. The van der Waals surface area contributed by atoms with Crippen molar-refractivity contribution in [2.45, 2.75) is 46.6 Å². The number of nitrogens with one attached hydrogen (secondary N) is 2. The van der Waals surface area contributed by atoms with Crippen molar-refractivity contribution >= 4 is 29.9 Å². The number of hydrogen-bond acceptors (Lipinski definition) is 4. The van der Waals surface area contributed by atoms with E-state index in [9.17, 15) is 0 Å². The summed E-state index contributed by atoms with van der Waals surface area (Å²) in [7, 11) is 2.01. The number of ether oxygens (including phenoxy) is 2. The molecule has 1 aromatic heterocycles. The average Bonchev–Trinajstić information content (AvgIpc) is 3.28. The van der Waals surface area contributed by atoms with Gasteiger partial charge in [-0.3, -0.25) is 4.68 Å². The van der Waals surface area contributed by atoms with Crippen LogP contribution in [0.3, 0.4) is 0 Å². The van der Waals surface area contributed by atoms with Crippen LogP contribution >= 0.6 is 24.0 Å². The van der Waals surface area contributed by atoms with E-state index in [1.807, 2.05) is 23.9 Å². The molecule has 29 heavy (non-hydrogen) atoms. The standard InChI is InChI=1S/C21H31N5O2.HI/c1-5-17-16(18(6-2)26(4)25-17)13-24-21(22-7-3)23-11-10-15-8-9-19-20(12-15)28-14-27-19;/h8-9,12H,5-7,10-11,13-14H2,1-4H3,(H2,22,23,24);1H. The van der Waals surface area contributed by atoms with Crippen molar-refractivity contribution in [1.82, 2.24) is 20.4 Å². The third kappa shape index (κ3) is 5.77. The van der Waals surface area contributed by atoms with Crippen molar-refractivity contribution in [1.29, 1.82) is 0 Å². The summed E-state index contributed by atoms with van der Waals surface area (Å²) in [6.07, 6.45) is 2.77. The van der Waals surface area contributed by atoms with Gasteiger partial charge in [-0.1, -0.05) is 19.9 Å². The van der Waals surface area contributed by atoms with Gasteiger partial charge in [0.25, 0.3) is 0 Å². The Labute approximate surface area is 190 Å². The molecule has 2 aromatic rings. The summed E-state index contributed by atoms with van der Waals surface area (Å²) in [6, 6.07) is 6.10. The molecule has 0 bridgehead atoms. The first-order valence-corrected chi connectivity index (χ1v) is 10.1. The SMILES string of the molecule is CCNC(=NCc1c(CC)nn(C)c1CC)NCCc1ccc2c(c1)OCO2.I. The molecule has 1 aliphatic heterocycles. The number of hydrogen-bond donors (Lipinski definition) is 2. The Kier molecular flexibility index (Phi) is 9.06. The summed E-state index contributed by atoms with van der Waals surface area (Å²) < 4.78 is 12.8. The molecule has 0 spiro atoms. The molecule has 0 radical (unpaired) electrons. The largest absolute Gasteiger partial charge is 0.454 e. The van der Waals surface area contributed by atoms with Gasteiger partial charge in [0.05, 0.1) is 12.2 Å². The summed E-state index contributed by atoms with van der Waals surface area (Å²) >= 11 is 0. The van der Waals surface area contributed by atoms with Gasteiger partial charge in [0.15, 0.2) is 17.5 Å². The van der Waals surface area contributed by atoms with E-state index in [1.165, 1.54) is 16.8 Å². The fourth-order valence-electron chi connectivity index (χ4n) is 3.49. The van der Waals surface area contributed by atoms with Gasteiger partial charge in [0.2, 0.25) is 6.79 Å². The fraction of sp³-hybridized carbons (Fsp3) is 0.524. The highest BCUT2D eigenvalue weighted by atomic mass is 127. The normalized spacial score (nSPS) is 12.6. The monoisotopic (exact) mass is 513 g/mol. The molecule has 0 saturated heterocycles. The predicted octanol–water partition coefficient (Wildman–Crippen LogP) is 3.19. The molecular weight excluding hydrogens is 481 g/mol. The molecule has 1 aromatic carbocycles. The first kappa shape index (κ1) is 23.3. The zero-order valence-electron chi connectivity index (χ0n) is 17.7. The molecular formula is C21H32IN5O2. The van der Waals surface area contributed by atoms with Gasteiger partial charge >= 0.3 is 0 Å². The summed E-state index contributed by atoms with van der Waals surface area (Å²) in [6.45, 7) is 8.95. The Morgan fingerprint density at radius 2 is 1.93 bits per heavy atom. The molecule has 0 saturated carbocycles. The number of rotatable bonds is 8. The van der Waals surface area contributed by atoms with E-state index in [0.29, 0.717) is 13.3 Å². The maximum atomic E-state index is 5.45.